The van der Waals surface area contributed by atoms with Crippen molar-refractivity contribution in [2.45, 2.75) is 119 Å². The number of Topliss-reactive ketones (excluding diaryl/α,β-unsaturated/α-hetero) is 2. The molecule has 13 heteroatoms. The van der Waals surface area contributed by atoms with Gasteiger partial charge >= 0.3 is 11.6 Å². The van der Waals surface area contributed by atoms with Crippen molar-refractivity contribution in [2.24, 2.45) is 35.5 Å². The van der Waals surface area contributed by atoms with Crippen LogP contribution in [0, 0.1) is 49.4 Å². The topological polar surface area (TPSA) is 153 Å². The highest BCUT2D eigenvalue weighted by Crippen LogP contribution is 2.54. The van der Waals surface area contributed by atoms with Crippen LogP contribution in [-0.4, -0.2) is 80.5 Å². The van der Waals surface area contributed by atoms with Crippen LogP contribution < -0.4 is 0 Å². The second kappa shape index (κ2) is 21.7. The number of fused-ring (bicyclic) bond motifs is 2. The second-order valence-electron chi connectivity index (χ2n) is 17.1. The Kier molecular flexibility index (Phi) is 16.7. The number of allylic oxidation sites excluding steroid dienone is 4. The van der Waals surface area contributed by atoms with Gasteiger partial charge in [0.05, 0.1) is 50.8 Å². The molecule has 2 saturated carbocycles. The van der Waals surface area contributed by atoms with E-state index < -0.39 is 11.6 Å². The van der Waals surface area contributed by atoms with Crippen LogP contribution in [0.5, 0.6) is 0 Å². The Morgan fingerprint density at radius 1 is 0.603 bits per heavy atom. The number of hydrogen-bond donors (Lipinski definition) is 1. The Balaban J connectivity index is 0.000000188. The van der Waals surface area contributed by atoms with Crippen LogP contribution >= 0.6 is 11.6 Å². The fraction of sp³-hybridized carbons (Fsp3) is 0.600. The van der Waals surface area contributed by atoms with Gasteiger partial charge in [-0.3, -0.25) is 9.59 Å². The Hall–Kier alpha value is -4.07. The molecule has 2 heterocycles. The zero-order valence-electron chi connectivity index (χ0n) is 38.1. The van der Waals surface area contributed by atoms with E-state index in [9.17, 15) is 24.3 Å². The summed E-state index contributed by atoms with van der Waals surface area (Å²) < 4.78 is 37.7. The van der Waals surface area contributed by atoms with Gasteiger partial charge in [-0.1, -0.05) is 63.1 Å². The molecule has 0 aromatic heterocycles. The lowest BCUT2D eigenvalue weighted by Gasteiger charge is -2.20. The summed E-state index contributed by atoms with van der Waals surface area (Å²) in [6.45, 7) is 19.0. The number of halogens is 1. The van der Waals surface area contributed by atoms with E-state index in [0.29, 0.717) is 68.5 Å². The third-order valence-electron chi connectivity index (χ3n) is 13.2. The second-order valence-corrected chi connectivity index (χ2v) is 17.4. The highest BCUT2D eigenvalue weighted by Gasteiger charge is 2.54. The molecule has 4 fully saturated rings. The third kappa shape index (κ3) is 10.4. The number of carbonyl (C=O) groups excluding carboxylic acids is 4. The van der Waals surface area contributed by atoms with Crippen molar-refractivity contribution >= 4 is 45.9 Å². The summed E-state index contributed by atoms with van der Waals surface area (Å²) in [5, 5.41) is 11.0. The highest BCUT2D eigenvalue weighted by atomic mass is 35.5. The van der Waals surface area contributed by atoms with Crippen LogP contribution in [0.4, 0.5) is 9.59 Å². The molecule has 4 aliphatic carbocycles. The first-order chi connectivity index (χ1) is 30.3. The molecule has 0 amide bonds. The van der Waals surface area contributed by atoms with Crippen molar-refractivity contribution in [1.29, 1.82) is 0 Å². The first-order valence-corrected chi connectivity index (χ1v) is 23.3. The number of hydrogen-bond acceptors (Lipinski definition) is 12. The quantitative estimate of drug-likeness (QED) is 0.169. The van der Waals surface area contributed by atoms with Crippen LogP contribution in [-0.2, 0) is 68.4 Å². The molecule has 63 heavy (non-hydrogen) atoms. The van der Waals surface area contributed by atoms with Crippen molar-refractivity contribution < 1.29 is 57.4 Å². The molecule has 6 aliphatic rings. The Morgan fingerprint density at radius 3 is 1.37 bits per heavy atom. The zero-order valence-corrected chi connectivity index (χ0v) is 38.9. The van der Waals surface area contributed by atoms with E-state index in [2.05, 4.69) is 70.5 Å². The van der Waals surface area contributed by atoms with Gasteiger partial charge in [0.15, 0.2) is 24.1 Å². The minimum absolute atomic E-state index is 0.0676. The molecule has 344 valence electrons. The molecule has 0 spiro atoms. The lowest BCUT2D eigenvalue weighted by molar-refractivity contribution is -0.118. The molecule has 0 bridgehead atoms. The average Bonchev–Trinajstić information content (AvgIpc) is 4.13. The van der Waals surface area contributed by atoms with E-state index in [1.165, 1.54) is 11.1 Å². The molecule has 2 aromatic rings. The molecule has 2 aliphatic heterocycles. The Bertz CT molecular complexity index is 2030. The standard InChI is InChI=1S/C25H32O6.C22H28O4.C3H5ClO2/c1-5-15-10-14(4)11-16(6-2)20(15)21-22(26)18-12-17(24-29-8-9-30-24)13-19(18)23(21)31-25(27)28-7-3;1-4-13-8-12(3)9-14(5-2)18(13)19-20(23)16-10-15(11-17(16)21(19)24)22-25-6-7-26-22;1-2-6-3(4)5/h10-11,17-19,24H,5-9,12-13H2,1-4H3;8-9,15-17,22-23H,4-7,10-11H2,1-3H3;2H2,1H3. The molecule has 0 radical (unpaired) electrons. The molecular formula is C50H65ClO12. The van der Waals surface area contributed by atoms with Gasteiger partial charge in [0.25, 0.3) is 0 Å². The summed E-state index contributed by atoms with van der Waals surface area (Å²) in [5.74, 6) is 0.709. The number of carbonyl (C=O) groups is 4. The SMILES string of the molecule is CCOC(=O)Cl.CCOC(=O)OC1=C(c2c(CC)cc(C)cc2CC)C(=O)C2CC(C3OCCO3)CC12.CCc1cc(C)cc(CC)c1C1=C(O)C2CC(C3OCCO3)CC2C1=O. The highest BCUT2D eigenvalue weighted by molar-refractivity contribution is 6.61. The van der Waals surface area contributed by atoms with E-state index in [1.54, 1.807) is 13.8 Å². The van der Waals surface area contributed by atoms with E-state index >= 15 is 0 Å². The number of aliphatic hydroxyl groups is 1. The smallest absolute Gasteiger partial charge is 0.511 e. The van der Waals surface area contributed by atoms with Crippen molar-refractivity contribution in [1.82, 2.24) is 0 Å². The fourth-order valence-electron chi connectivity index (χ4n) is 10.7. The molecular weight excluding hydrogens is 828 g/mol. The summed E-state index contributed by atoms with van der Waals surface area (Å²) in [6, 6.07) is 8.57. The molecule has 12 nitrogen and oxygen atoms in total. The van der Waals surface area contributed by atoms with Crippen LogP contribution in [0.2, 0.25) is 0 Å². The third-order valence-corrected chi connectivity index (χ3v) is 13.4. The van der Waals surface area contributed by atoms with Gasteiger partial charge in [-0.05, 0) is 112 Å². The Morgan fingerprint density at radius 2 is 0.984 bits per heavy atom. The monoisotopic (exact) mass is 892 g/mol. The minimum Gasteiger partial charge on any atom is -0.511 e. The van der Waals surface area contributed by atoms with E-state index in [4.69, 9.17) is 40.0 Å². The van der Waals surface area contributed by atoms with Gasteiger partial charge in [-0.2, -0.15) is 0 Å². The zero-order chi connectivity index (χ0) is 45.5. The fourth-order valence-corrected chi connectivity index (χ4v) is 10.8. The summed E-state index contributed by atoms with van der Waals surface area (Å²) in [7, 11) is 0. The number of ketones is 2. The van der Waals surface area contributed by atoms with Gasteiger partial charge < -0.3 is 38.3 Å². The first kappa shape index (κ1) is 48.4. The number of aryl methyl sites for hydroxylation is 6. The first-order valence-electron chi connectivity index (χ1n) is 22.9. The lowest BCUT2D eigenvalue weighted by atomic mass is 9.87. The van der Waals surface area contributed by atoms with Gasteiger partial charge in [0, 0.05) is 47.1 Å². The predicted octanol–water partition coefficient (Wildman–Crippen LogP) is 9.97. The van der Waals surface area contributed by atoms with Crippen molar-refractivity contribution in [3.8, 4) is 0 Å². The van der Waals surface area contributed by atoms with Crippen molar-refractivity contribution in [3.05, 3.63) is 80.3 Å². The maximum absolute atomic E-state index is 13.7. The van der Waals surface area contributed by atoms with E-state index in [0.717, 1.165) is 71.9 Å². The molecule has 2 aromatic carbocycles. The van der Waals surface area contributed by atoms with E-state index in [1.807, 2.05) is 0 Å². The maximum atomic E-state index is 13.7. The largest absolute Gasteiger partial charge is 0.513 e. The number of benzene rings is 2. The summed E-state index contributed by atoms with van der Waals surface area (Å²) in [4.78, 5) is 48.9. The van der Waals surface area contributed by atoms with Crippen molar-refractivity contribution in [2.75, 3.05) is 39.6 Å². The summed E-state index contributed by atoms with van der Waals surface area (Å²) in [5.41, 5.74) is 9.29. The lowest BCUT2D eigenvalue weighted by Crippen LogP contribution is -2.21. The van der Waals surface area contributed by atoms with Gasteiger partial charge in [-0.15, -0.1) is 0 Å². The van der Waals surface area contributed by atoms with Crippen molar-refractivity contribution in [3.63, 3.8) is 0 Å². The summed E-state index contributed by atoms with van der Waals surface area (Å²) in [6.07, 6.45) is 4.99. The number of ether oxygens (including phenoxy) is 7. The maximum Gasteiger partial charge on any atom is 0.513 e. The average molecular weight is 894 g/mol. The molecule has 6 atom stereocenters. The number of aliphatic hydroxyl groups excluding tert-OH is 1. The van der Waals surface area contributed by atoms with E-state index in [-0.39, 0.29) is 66.3 Å². The van der Waals surface area contributed by atoms with Gasteiger partial charge in [0.1, 0.15) is 11.5 Å². The van der Waals surface area contributed by atoms with Crippen LogP contribution in [0.15, 0.2) is 35.8 Å². The molecule has 6 unspecified atom stereocenters. The van der Waals surface area contributed by atoms with Crippen LogP contribution in [0.3, 0.4) is 0 Å². The minimum atomic E-state index is -0.747. The molecule has 8 rings (SSSR count). The summed E-state index contributed by atoms with van der Waals surface area (Å²) >= 11 is 4.72. The van der Waals surface area contributed by atoms with Gasteiger partial charge in [-0.25, -0.2) is 9.59 Å². The normalized spacial score (nSPS) is 25.5. The predicted molar refractivity (Wildman–Crippen MR) is 238 cm³/mol. The number of rotatable bonds is 11. The molecule has 2 saturated heterocycles. The van der Waals surface area contributed by atoms with Crippen LogP contribution in [0.1, 0.15) is 112 Å². The van der Waals surface area contributed by atoms with Gasteiger partial charge in [0.2, 0.25) is 0 Å². The molecule has 1 N–H and O–H groups in total. The Labute approximate surface area is 376 Å². The van der Waals surface area contributed by atoms with Crippen LogP contribution in [0.25, 0.3) is 11.1 Å².